The molecule has 0 N–H and O–H groups in total. The summed E-state index contributed by atoms with van der Waals surface area (Å²) in [6, 6.07) is 0. The Bertz CT molecular complexity index is 301. The smallest absolute Gasteiger partial charge is 0.106 e. The van der Waals surface area contributed by atoms with E-state index < -0.39 is 0 Å². The molecule has 0 aromatic carbocycles. The van der Waals surface area contributed by atoms with Gasteiger partial charge in [0.25, 0.3) is 0 Å². The minimum atomic E-state index is 0.870. The summed E-state index contributed by atoms with van der Waals surface area (Å²) < 4.78 is 1.95. The number of imidazole rings is 1. The van der Waals surface area contributed by atoms with E-state index in [1.165, 1.54) is 0 Å². The number of hydrogen-bond donors (Lipinski definition) is 0. The van der Waals surface area contributed by atoms with E-state index in [1.54, 1.807) is 37.6 Å². The summed E-state index contributed by atoms with van der Waals surface area (Å²) in [7, 11) is 1.74. The van der Waals surface area contributed by atoms with Crippen molar-refractivity contribution in [3.05, 3.63) is 24.3 Å². The van der Waals surface area contributed by atoms with Crippen LogP contribution in [0.2, 0.25) is 0 Å². The molecule has 1 aromatic heterocycles. The van der Waals surface area contributed by atoms with Crippen molar-refractivity contribution in [2.24, 2.45) is 4.99 Å². The predicted octanol–water partition coefficient (Wildman–Crippen LogP) is 1.70. The van der Waals surface area contributed by atoms with Gasteiger partial charge in [0.2, 0.25) is 0 Å². The quantitative estimate of drug-likeness (QED) is 0.664. The normalized spacial score (nSPS) is 10.8. The van der Waals surface area contributed by atoms with Crippen LogP contribution >= 0.6 is 11.9 Å². The molecule has 0 bridgehead atoms. The molecule has 0 atom stereocenters. The molecule has 0 unspecified atom stereocenters. The fraction of sp³-hybridized carbons (Fsp3) is 0.250. The summed E-state index contributed by atoms with van der Waals surface area (Å²) in [6.07, 6.45) is 7.25. The van der Waals surface area contributed by atoms with Gasteiger partial charge in [-0.2, -0.15) is 0 Å². The van der Waals surface area contributed by atoms with Gasteiger partial charge in [-0.05, 0) is 18.0 Å². The maximum atomic E-state index is 4.16. The van der Waals surface area contributed by atoms with Crippen LogP contribution in [0.3, 0.4) is 0 Å². The second kappa shape index (κ2) is 4.11. The molecular formula is C8H11N3S. The molecule has 1 heterocycles. The van der Waals surface area contributed by atoms with Crippen molar-refractivity contribution in [3.8, 4) is 0 Å². The first-order valence-electron chi connectivity index (χ1n) is 3.50. The zero-order valence-corrected chi connectivity index (χ0v) is 8.01. The number of aromatic nitrogens is 2. The topological polar surface area (TPSA) is 30.2 Å². The first-order chi connectivity index (χ1) is 5.83. The lowest BCUT2D eigenvalue weighted by atomic mass is 10.3. The maximum Gasteiger partial charge on any atom is 0.106 e. The van der Waals surface area contributed by atoms with E-state index in [2.05, 4.69) is 16.6 Å². The van der Waals surface area contributed by atoms with Crippen LogP contribution in [0.5, 0.6) is 0 Å². The Morgan fingerprint density at radius 2 is 2.50 bits per heavy atom. The molecule has 0 aliphatic heterocycles. The number of rotatable bonds is 3. The standard InChI is InChI=1S/C8H11N3S/c1-4-7-8(5-9-2)11(12-3)6-10-7/h4-6H,1H2,2-3H3. The van der Waals surface area contributed by atoms with Crippen LogP contribution in [0.4, 0.5) is 0 Å². The van der Waals surface area contributed by atoms with Crippen LogP contribution in [0.25, 0.3) is 6.08 Å². The van der Waals surface area contributed by atoms with Crippen LogP contribution in [0.1, 0.15) is 11.4 Å². The zero-order chi connectivity index (χ0) is 8.97. The predicted molar refractivity (Wildman–Crippen MR) is 54.7 cm³/mol. The molecule has 0 saturated heterocycles. The highest BCUT2D eigenvalue weighted by atomic mass is 32.2. The minimum absolute atomic E-state index is 0.870. The summed E-state index contributed by atoms with van der Waals surface area (Å²) in [5.41, 5.74) is 1.86. The highest BCUT2D eigenvalue weighted by Crippen LogP contribution is 2.11. The fourth-order valence-electron chi connectivity index (χ4n) is 0.904. The van der Waals surface area contributed by atoms with E-state index in [9.17, 15) is 0 Å². The van der Waals surface area contributed by atoms with Crippen LogP contribution in [0, 0.1) is 0 Å². The van der Waals surface area contributed by atoms with Gasteiger partial charge in [-0.25, -0.2) is 4.98 Å². The van der Waals surface area contributed by atoms with Crippen molar-refractivity contribution in [1.82, 2.24) is 8.96 Å². The molecule has 0 fully saturated rings. The number of nitrogens with zero attached hydrogens (tertiary/aromatic N) is 3. The molecule has 1 aromatic rings. The molecule has 0 spiro atoms. The molecular weight excluding hydrogens is 170 g/mol. The molecule has 0 amide bonds. The molecule has 64 valence electrons. The van der Waals surface area contributed by atoms with Crippen molar-refractivity contribution in [3.63, 3.8) is 0 Å². The molecule has 0 radical (unpaired) electrons. The second-order valence-electron chi connectivity index (χ2n) is 2.11. The van der Waals surface area contributed by atoms with E-state index >= 15 is 0 Å². The summed E-state index contributed by atoms with van der Waals surface area (Å²) >= 11 is 1.59. The second-order valence-corrected chi connectivity index (χ2v) is 2.87. The highest BCUT2D eigenvalue weighted by molar-refractivity contribution is 7.97. The molecule has 4 heteroatoms. The molecule has 3 nitrogen and oxygen atoms in total. The van der Waals surface area contributed by atoms with Crippen molar-refractivity contribution in [2.75, 3.05) is 13.3 Å². The Kier molecular flexibility index (Phi) is 3.10. The van der Waals surface area contributed by atoms with E-state index in [0.29, 0.717) is 0 Å². The summed E-state index contributed by atoms with van der Waals surface area (Å²) in [5.74, 6) is 0. The summed E-state index contributed by atoms with van der Waals surface area (Å²) in [5, 5.41) is 0. The van der Waals surface area contributed by atoms with Gasteiger partial charge in [0.15, 0.2) is 0 Å². The van der Waals surface area contributed by atoms with Crippen molar-refractivity contribution < 1.29 is 0 Å². The average molecular weight is 181 g/mol. The molecule has 0 aliphatic rings. The lowest BCUT2D eigenvalue weighted by molar-refractivity contribution is 1.22. The van der Waals surface area contributed by atoms with Crippen molar-refractivity contribution >= 4 is 24.2 Å². The van der Waals surface area contributed by atoms with E-state index in [4.69, 9.17) is 0 Å². The van der Waals surface area contributed by atoms with Gasteiger partial charge in [0.05, 0.1) is 11.4 Å². The molecule has 0 saturated carbocycles. The monoisotopic (exact) mass is 181 g/mol. The third kappa shape index (κ3) is 1.58. The molecule has 0 aliphatic carbocycles. The van der Waals surface area contributed by atoms with Crippen LogP contribution < -0.4 is 0 Å². The Hall–Kier alpha value is -1.03. The van der Waals surface area contributed by atoms with Gasteiger partial charge in [-0.3, -0.25) is 8.96 Å². The first-order valence-corrected chi connectivity index (χ1v) is 4.68. The van der Waals surface area contributed by atoms with Gasteiger partial charge in [0.1, 0.15) is 6.33 Å². The van der Waals surface area contributed by atoms with Gasteiger partial charge in [0, 0.05) is 19.5 Å². The zero-order valence-electron chi connectivity index (χ0n) is 7.19. The summed E-state index contributed by atoms with van der Waals surface area (Å²) in [6.45, 7) is 3.67. The largest absolute Gasteiger partial charge is 0.294 e. The van der Waals surface area contributed by atoms with Crippen LogP contribution in [-0.4, -0.2) is 28.5 Å². The van der Waals surface area contributed by atoms with Gasteiger partial charge < -0.3 is 0 Å². The Morgan fingerprint density at radius 3 is 3.00 bits per heavy atom. The third-order valence-corrected chi connectivity index (χ3v) is 2.13. The van der Waals surface area contributed by atoms with Crippen LogP contribution in [0.15, 0.2) is 17.9 Å². The summed E-state index contributed by atoms with van der Waals surface area (Å²) in [4.78, 5) is 8.11. The maximum absolute atomic E-state index is 4.16. The molecule has 12 heavy (non-hydrogen) atoms. The molecule has 1 rings (SSSR count). The Morgan fingerprint density at radius 1 is 1.75 bits per heavy atom. The van der Waals surface area contributed by atoms with Crippen molar-refractivity contribution in [2.45, 2.75) is 0 Å². The SMILES string of the molecule is C=Cc1ncn(SC)c1C=NC. The van der Waals surface area contributed by atoms with Crippen LogP contribution in [-0.2, 0) is 0 Å². The average Bonchev–Trinajstić information content (AvgIpc) is 2.48. The first kappa shape index (κ1) is 9.06. The Labute approximate surface area is 76.4 Å². The third-order valence-electron chi connectivity index (χ3n) is 1.44. The van der Waals surface area contributed by atoms with Gasteiger partial charge in [-0.1, -0.05) is 6.58 Å². The van der Waals surface area contributed by atoms with E-state index in [1.807, 2.05) is 10.2 Å². The minimum Gasteiger partial charge on any atom is -0.294 e. The lowest BCUT2D eigenvalue weighted by Gasteiger charge is -1.97. The van der Waals surface area contributed by atoms with E-state index in [-0.39, 0.29) is 0 Å². The van der Waals surface area contributed by atoms with Crippen molar-refractivity contribution in [1.29, 1.82) is 0 Å². The lowest BCUT2D eigenvalue weighted by Crippen LogP contribution is -1.92. The number of hydrogen-bond acceptors (Lipinski definition) is 3. The number of aliphatic imine (C=N–C) groups is 1. The highest BCUT2D eigenvalue weighted by Gasteiger charge is 2.03. The Balaban J connectivity index is 3.15. The van der Waals surface area contributed by atoms with Gasteiger partial charge >= 0.3 is 0 Å². The van der Waals surface area contributed by atoms with Gasteiger partial charge in [-0.15, -0.1) is 0 Å². The van der Waals surface area contributed by atoms with E-state index in [0.717, 1.165) is 11.4 Å². The fourth-order valence-corrected chi connectivity index (χ4v) is 1.38.